The highest BCUT2D eigenvalue weighted by molar-refractivity contribution is 5.92. The minimum atomic E-state index is -4.37. The molecule has 0 bridgehead atoms. The van der Waals surface area contributed by atoms with Crippen molar-refractivity contribution in [2.24, 2.45) is 0 Å². The van der Waals surface area contributed by atoms with Crippen LogP contribution in [0.3, 0.4) is 0 Å². The molecule has 0 aromatic carbocycles. The molecule has 0 atom stereocenters. The van der Waals surface area contributed by atoms with Crippen LogP contribution in [0.15, 0.2) is 36.8 Å². The van der Waals surface area contributed by atoms with E-state index >= 15 is 0 Å². The highest BCUT2D eigenvalue weighted by atomic mass is 19.4. The van der Waals surface area contributed by atoms with Crippen LogP contribution in [0.1, 0.15) is 91.5 Å². The van der Waals surface area contributed by atoms with Crippen molar-refractivity contribution in [1.29, 1.82) is 0 Å². The summed E-state index contributed by atoms with van der Waals surface area (Å²) in [7, 11) is 0. The average molecular weight is 583 g/mol. The molecule has 3 aromatic rings. The summed E-state index contributed by atoms with van der Waals surface area (Å²) >= 11 is 0. The average Bonchev–Trinajstić information content (AvgIpc) is 3.75. The summed E-state index contributed by atoms with van der Waals surface area (Å²) in [5.74, 6) is -3.34. The van der Waals surface area contributed by atoms with E-state index in [4.69, 9.17) is 0 Å². The number of carbonyl (C=O) groups is 2. The second kappa shape index (κ2) is 14.8. The molecule has 41 heavy (non-hydrogen) atoms. The van der Waals surface area contributed by atoms with Gasteiger partial charge in [0.2, 0.25) is 11.8 Å². The highest BCUT2D eigenvalue weighted by Gasteiger charge is 2.30. The van der Waals surface area contributed by atoms with Gasteiger partial charge in [-0.3, -0.25) is 14.6 Å². The second-order valence-corrected chi connectivity index (χ2v) is 10.2. The molecule has 2 aliphatic carbocycles. The summed E-state index contributed by atoms with van der Waals surface area (Å²) in [4.78, 5) is 32.1. The lowest BCUT2D eigenvalue weighted by atomic mass is 9.97. The SMILES string of the molecule is C1CC1.Cc1ccnc(C(=O)NCc2cn3ncc(CNC(=O)CCC(F)(F)F)cc3n2)c1.FC1(F)CCCCC1. The lowest BCUT2D eigenvalue weighted by molar-refractivity contribution is -0.144. The third-order valence-electron chi connectivity index (χ3n) is 6.07. The van der Waals surface area contributed by atoms with Crippen LogP contribution < -0.4 is 10.6 Å². The largest absolute Gasteiger partial charge is 0.389 e. The van der Waals surface area contributed by atoms with E-state index in [0.29, 0.717) is 35.4 Å². The van der Waals surface area contributed by atoms with Crippen molar-refractivity contribution in [2.75, 3.05) is 0 Å². The van der Waals surface area contributed by atoms with Gasteiger partial charge in [-0.15, -0.1) is 0 Å². The van der Waals surface area contributed by atoms with Gasteiger partial charge in [0.1, 0.15) is 5.69 Å². The highest BCUT2D eigenvalue weighted by Crippen LogP contribution is 2.32. The topological polar surface area (TPSA) is 101 Å². The van der Waals surface area contributed by atoms with Gasteiger partial charge in [0.25, 0.3) is 5.91 Å². The van der Waals surface area contributed by atoms with Crippen molar-refractivity contribution in [3.05, 3.63) is 59.3 Å². The predicted molar refractivity (Wildman–Crippen MR) is 142 cm³/mol. The summed E-state index contributed by atoms with van der Waals surface area (Å²) in [5, 5.41) is 9.32. The number of carbonyl (C=O) groups excluding carboxylic acids is 2. The zero-order valence-corrected chi connectivity index (χ0v) is 22.9. The summed E-state index contributed by atoms with van der Waals surface area (Å²) in [6.45, 7) is 2.07. The number of imidazole rings is 1. The molecule has 0 radical (unpaired) electrons. The first-order valence-corrected chi connectivity index (χ1v) is 13.7. The number of aryl methyl sites for hydroxylation is 1. The molecule has 2 aliphatic rings. The van der Waals surface area contributed by atoms with E-state index in [2.05, 4.69) is 25.7 Å². The number of hydrogen-bond acceptors (Lipinski definition) is 5. The Morgan fingerprint density at radius 1 is 1.00 bits per heavy atom. The smallest absolute Gasteiger partial charge is 0.352 e. The summed E-state index contributed by atoms with van der Waals surface area (Å²) in [5.41, 5.74) is 2.86. The van der Waals surface area contributed by atoms with Crippen molar-refractivity contribution in [3.63, 3.8) is 0 Å². The number of nitrogens with one attached hydrogen (secondary N) is 2. The standard InChI is InChI=1S/C19H19F3N6O2.C6H10F2.C3H6/c1-12-3-5-23-15(6-12)18(30)25-10-14-11-28-16(27-14)7-13(9-26-28)8-24-17(29)2-4-19(20,21)22;7-6(8)4-2-1-3-5-6;1-2-3-1/h3,5-7,9,11H,2,4,8,10H2,1H3,(H,24,29)(H,25,30);1-5H2;1-3H2. The lowest BCUT2D eigenvalue weighted by Gasteiger charge is -2.20. The van der Waals surface area contributed by atoms with Crippen LogP contribution in [0.5, 0.6) is 0 Å². The zero-order chi connectivity index (χ0) is 29.9. The Morgan fingerprint density at radius 2 is 1.68 bits per heavy atom. The zero-order valence-electron chi connectivity index (χ0n) is 22.9. The lowest BCUT2D eigenvalue weighted by Crippen LogP contribution is -2.24. The molecule has 8 nitrogen and oxygen atoms in total. The summed E-state index contributed by atoms with van der Waals surface area (Å²) in [6.07, 6.45) is 5.70. The molecule has 3 heterocycles. The van der Waals surface area contributed by atoms with Crippen LogP contribution >= 0.6 is 0 Å². The van der Waals surface area contributed by atoms with Gasteiger partial charge in [-0.05, 0) is 49.1 Å². The first-order valence-electron chi connectivity index (χ1n) is 13.7. The van der Waals surface area contributed by atoms with Crippen LogP contribution in [-0.4, -0.2) is 43.5 Å². The number of hydrogen-bond donors (Lipinski definition) is 2. The van der Waals surface area contributed by atoms with Crippen LogP contribution in [0.25, 0.3) is 5.65 Å². The predicted octanol–water partition coefficient (Wildman–Crippen LogP) is 6.08. The summed E-state index contributed by atoms with van der Waals surface area (Å²) < 4.78 is 62.4. The fourth-order valence-corrected chi connectivity index (χ4v) is 3.68. The maximum Gasteiger partial charge on any atom is 0.389 e. The number of nitrogens with zero attached hydrogens (tertiary/aromatic N) is 4. The second-order valence-electron chi connectivity index (χ2n) is 10.2. The first kappa shape index (κ1) is 31.9. The van der Waals surface area contributed by atoms with E-state index in [1.54, 1.807) is 30.6 Å². The van der Waals surface area contributed by atoms with E-state index in [0.717, 1.165) is 12.0 Å². The molecule has 224 valence electrons. The fraction of sp³-hybridized carbons (Fsp3) is 0.536. The molecule has 13 heteroatoms. The minimum Gasteiger partial charge on any atom is -0.352 e. The molecule has 2 fully saturated rings. The van der Waals surface area contributed by atoms with Gasteiger partial charge in [0.05, 0.1) is 31.1 Å². The van der Waals surface area contributed by atoms with Gasteiger partial charge in [0, 0.05) is 32.0 Å². The molecule has 0 saturated heterocycles. The quantitative estimate of drug-likeness (QED) is 0.329. The van der Waals surface area contributed by atoms with Crippen LogP contribution in [-0.2, 0) is 17.9 Å². The molecular formula is C28H35F5N6O2. The number of alkyl halides is 5. The molecule has 0 unspecified atom stereocenters. The van der Waals surface area contributed by atoms with E-state index in [1.807, 2.05) is 6.92 Å². The molecule has 2 N–H and O–H groups in total. The maximum absolute atomic E-state index is 12.2. The number of halogens is 5. The fourth-order valence-electron chi connectivity index (χ4n) is 3.68. The van der Waals surface area contributed by atoms with Crippen molar-refractivity contribution < 1.29 is 31.5 Å². The van der Waals surface area contributed by atoms with Crippen molar-refractivity contribution >= 4 is 17.5 Å². The molecule has 2 amide bonds. The van der Waals surface area contributed by atoms with Crippen LogP contribution in [0.4, 0.5) is 22.0 Å². The molecule has 0 spiro atoms. The normalized spacial score (nSPS) is 15.6. The third kappa shape index (κ3) is 12.6. The van der Waals surface area contributed by atoms with Crippen molar-refractivity contribution in [1.82, 2.24) is 30.2 Å². The Bertz CT molecular complexity index is 1280. The molecular weight excluding hydrogens is 547 g/mol. The van der Waals surface area contributed by atoms with E-state index in [1.165, 1.54) is 30.0 Å². The number of rotatable bonds is 7. The van der Waals surface area contributed by atoms with Gasteiger partial charge in [-0.2, -0.15) is 18.3 Å². The third-order valence-corrected chi connectivity index (χ3v) is 6.07. The Balaban J connectivity index is 0.000000347. The number of pyridine rings is 1. The van der Waals surface area contributed by atoms with Gasteiger partial charge >= 0.3 is 6.18 Å². The molecule has 2 saturated carbocycles. The molecule has 3 aromatic heterocycles. The van der Waals surface area contributed by atoms with E-state index < -0.39 is 30.8 Å². The maximum atomic E-state index is 12.2. The van der Waals surface area contributed by atoms with E-state index in [-0.39, 0.29) is 31.8 Å². The van der Waals surface area contributed by atoms with Gasteiger partial charge < -0.3 is 10.6 Å². The summed E-state index contributed by atoms with van der Waals surface area (Å²) in [6, 6.07) is 5.13. The Kier molecular flexibility index (Phi) is 11.5. The van der Waals surface area contributed by atoms with Gasteiger partial charge in [-0.1, -0.05) is 25.7 Å². The number of amides is 2. The minimum absolute atomic E-state index is 0.0398. The number of fused-ring (bicyclic) bond motifs is 1. The Morgan fingerprint density at radius 3 is 2.27 bits per heavy atom. The Hall–Kier alpha value is -3.64. The monoisotopic (exact) mass is 582 g/mol. The van der Waals surface area contributed by atoms with Gasteiger partial charge in [0.15, 0.2) is 5.65 Å². The molecule has 0 aliphatic heterocycles. The van der Waals surface area contributed by atoms with Crippen LogP contribution in [0, 0.1) is 6.92 Å². The first-order chi connectivity index (χ1) is 19.4. The van der Waals surface area contributed by atoms with Crippen molar-refractivity contribution in [3.8, 4) is 0 Å². The number of aromatic nitrogens is 4. The van der Waals surface area contributed by atoms with Crippen molar-refractivity contribution in [2.45, 2.75) is 96.3 Å². The molecule has 5 rings (SSSR count). The Labute approximate surface area is 235 Å². The van der Waals surface area contributed by atoms with Gasteiger partial charge in [-0.25, -0.2) is 18.3 Å². The van der Waals surface area contributed by atoms with E-state index in [9.17, 15) is 31.5 Å². The van der Waals surface area contributed by atoms with Crippen LogP contribution in [0.2, 0.25) is 0 Å².